The highest BCUT2D eigenvalue weighted by atomic mass is 32.1. The number of esters is 1. The number of fused-ring (bicyclic) bond motifs is 3. The fourth-order valence-corrected chi connectivity index (χ4v) is 4.03. The summed E-state index contributed by atoms with van der Waals surface area (Å²) >= 11 is 1.61. The summed E-state index contributed by atoms with van der Waals surface area (Å²) in [7, 11) is 3.02. The van der Waals surface area contributed by atoms with Gasteiger partial charge in [0, 0.05) is 11.9 Å². The number of methoxy groups -OCH3 is 2. The normalized spacial score (nSPS) is 10.8. The van der Waals surface area contributed by atoms with E-state index in [0.717, 1.165) is 26.6 Å². The molecule has 4 aromatic rings. The quantitative estimate of drug-likeness (QED) is 0.273. The zero-order valence-corrected chi connectivity index (χ0v) is 19.5. The van der Waals surface area contributed by atoms with Crippen molar-refractivity contribution in [3.05, 3.63) is 78.3 Å². The second-order valence-corrected chi connectivity index (χ2v) is 7.99. The Labute approximate surface area is 191 Å². The molecule has 0 aliphatic carbocycles. The summed E-state index contributed by atoms with van der Waals surface area (Å²) in [4.78, 5) is 17.4. The first kappa shape index (κ1) is 23.1. The van der Waals surface area contributed by atoms with Gasteiger partial charge in [-0.2, -0.15) is 0 Å². The zero-order valence-electron chi connectivity index (χ0n) is 18.7. The molecule has 0 amide bonds. The number of nitrogens with one attached hydrogen (secondary N) is 1. The van der Waals surface area contributed by atoms with Gasteiger partial charge < -0.3 is 14.8 Å². The lowest BCUT2D eigenvalue weighted by atomic mass is 10.1. The van der Waals surface area contributed by atoms with Gasteiger partial charge in [0.25, 0.3) is 0 Å². The average molecular weight is 450 g/mol. The highest BCUT2D eigenvalue weighted by Gasteiger charge is 2.11. The Morgan fingerprint density at radius 3 is 2.69 bits per heavy atom. The Hall–Kier alpha value is -3.58. The first-order valence-electron chi connectivity index (χ1n) is 10.3. The molecule has 1 N–H and O–H groups in total. The number of benzene rings is 2. The SMILES string of the molecule is C=C(/C=C/c1cn2c(n1)sc1cc(OC)ccc12)Nc1ccccc1C(=O)OC.CCC. The van der Waals surface area contributed by atoms with Crippen molar-refractivity contribution in [1.82, 2.24) is 9.38 Å². The smallest absolute Gasteiger partial charge is 0.339 e. The summed E-state index contributed by atoms with van der Waals surface area (Å²) in [6.45, 7) is 8.26. The van der Waals surface area contributed by atoms with Crippen LogP contribution in [0.25, 0.3) is 21.3 Å². The minimum absolute atomic E-state index is 0.400. The van der Waals surface area contributed by atoms with Gasteiger partial charge in [-0.25, -0.2) is 9.78 Å². The summed E-state index contributed by atoms with van der Waals surface area (Å²) in [6, 6.07) is 13.1. The molecule has 0 saturated heterocycles. The number of thiazole rings is 1. The second-order valence-electron chi connectivity index (χ2n) is 6.98. The van der Waals surface area contributed by atoms with E-state index in [1.807, 2.05) is 42.6 Å². The molecule has 0 atom stereocenters. The molecule has 32 heavy (non-hydrogen) atoms. The van der Waals surface area contributed by atoms with Crippen LogP contribution in [0.4, 0.5) is 5.69 Å². The van der Waals surface area contributed by atoms with E-state index < -0.39 is 5.97 Å². The molecule has 0 aliphatic heterocycles. The molecule has 0 radical (unpaired) electrons. The van der Waals surface area contributed by atoms with Crippen molar-refractivity contribution in [2.24, 2.45) is 0 Å². The summed E-state index contributed by atoms with van der Waals surface area (Å²) < 4.78 is 13.3. The lowest BCUT2D eigenvalue weighted by Gasteiger charge is -2.10. The first-order chi connectivity index (χ1) is 15.5. The van der Waals surface area contributed by atoms with Gasteiger partial charge in [0.1, 0.15) is 5.75 Å². The highest BCUT2D eigenvalue weighted by molar-refractivity contribution is 7.23. The maximum Gasteiger partial charge on any atom is 0.339 e. The number of anilines is 1. The van der Waals surface area contributed by atoms with Crippen LogP contribution >= 0.6 is 11.3 Å². The van der Waals surface area contributed by atoms with Gasteiger partial charge in [-0.15, -0.1) is 0 Å². The van der Waals surface area contributed by atoms with Gasteiger partial charge >= 0.3 is 5.97 Å². The van der Waals surface area contributed by atoms with E-state index in [9.17, 15) is 4.79 Å². The maximum absolute atomic E-state index is 11.9. The maximum atomic E-state index is 11.9. The summed E-state index contributed by atoms with van der Waals surface area (Å²) in [5.74, 6) is 0.430. The summed E-state index contributed by atoms with van der Waals surface area (Å²) in [5.41, 5.74) is 3.63. The van der Waals surface area contributed by atoms with E-state index in [4.69, 9.17) is 9.47 Å². The van der Waals surface area contributed by atoms with Gasteiger partial charge in [-0.1, -0.05) is 50.3 Å². The van der Waals surface area contributed by atoms with Gasteiger partial charge in [0.05, 0.1) is 41.4 Å². The van der Waals surface area contributed by atoms with Crippen molar-refractivity contribution in [3.63, 3.8) is 0 Å². The molecule has 0 saturated carbocycles. The molecule has 0 spiro atoms. The number of carbonyl (C=O) groups excluding carboxylic acids is 1. The molecule has 6 nitrogen and oxygen atoms in total. The molecule has 2 aromatic carbocycles. The largest absolute Gasteiger partial charge is 0.497 e. The van der Waals surface area contributed by atoms with Crippen LogP contribution in [0.2, 0.25) is 0 Å². The third kappa shape index (κ3) is 5.18. The zero-order chi connectivity index (χ0) is 23.1. The molecule has 166 valence electrons. The molecule has 4 rings (SSSR count). The minimum atomic E-state index is -0.400. The molecule has 0 fully saturated rings. The van der Waals surface area contributed by atoms with Crippen molar-refractivity contribution < 1.29 is 14.3 Å². The number of nitrogens with zero attached hydrogens (tertiary/aromatic N) is 2. The number of hydrogen-bond acceptors (Lipinski definition) is 6. The molecule has 2 heterocycles. The van der Waals surface area contributed by atoms with Crippen LogP contribution < -0.4 is 10.1 Å². The molecule has 0 unspecified atom stereocenters. The average Bonchev–Trinajstić information content (AvgIpc) is 3.35. The van der Waals surface area contributed by atoms with Crippen LogP contribution in [0.3, 0.4) is 0 Å². The lowest BCUT2D eigenvalue weighted by Crippen LogP contribution is -2.06. The molecular formula is C25H27N3O3S. The van der Waals surface area contributed by atoms with Crippen LogP contribution in [0.5, 0.6) is 5.75 Å². The lowest BCUT2D eigenvalue weighted by molar-refractivity contribution is 0.0602. The van der Waals surface area contributed by atoms with Crippen molar-refractivity contribution in [2.75, 3.05) is 19.5 Å². The number of ether oxygens (including phenoxy) is 2. The van der Waals surface area contributed by atoms with Gasteiger partial charge in [-0.3, -0.25) is 4.40 Å². The number of aromatic nitrogens is 2. The third-order valence-corrected chi connectivity index (χ3v) is 5.42. The van der Waals surface area contributed by atoms with Crippen molar-refractivity contribution in [1.29, 1.82) is 0 Å². The van der Waals surface area contributed by atoms with E-state index in [1.54, 1.807) is 36.6 Å². The standard InChI is InChI=1S/C22H19N3O3S.C3H8/c1-14(23-18-7-5-4-6-17(18)21(26)28-3)8-9-15-13-25-19-11-10-16(27-2)12-20(19)29-22(25)24-15;1-3-2/h4-13,23H,1H2,2-3H3;3H2,1-2H3/b9-8+;. The van der Waals surface area contributed by atoms with Crippen LogP contribution in [0.1, 0.15) is 36.3 Å². The van der Waals surface area contributed by atoms with E-state index in [0.29, 0.717) is 16.9 Å². The third-order valence-electron chi connectivity index (χ3n) is 4.40. The number of rotatable bonds is 6. The van der Waals surface area contributed by atoms with E-state index in [1.165, 1.54) is 13.5 Å². The Bertz CT molecular complexity index is 1270. The van der Waals surface area contributed by atoms with Crippen LogP contribution in [0.15, 0.2) is 67.0 Å². The minimum Gasteiger partial charge on any atom is -0.497 e. The van der Waals surface area contributed by atoms with Gasteiger partial charge in [0.2, 0.25) is 0 Å². The Morgan fingerprint density at radius 2 is 1.97 bits per heavy atom. The number of allylic oxidation sites excluding steroid dienone is 1. The van der Waals surface area contributed by atoms with Gasteiger partial charge in [-0.05, 0) is 42.5 Å². The van der Waals surface area contributed by atoms with Crippen LogP contribution in [-0.4, -0.2) is 29.6 Å². The predicted octanol–water partition coefficient (Wildman–Crippen LogP) is 6.40. The first-order valence-corrected chi connectivity index (χ1v) is 11.1. The van der Waals surface area contributed by atoms with Crippen LogP contribution in [-0.2, 0) is 4.74 Å². The highest BCUT2D eigenvalue weighted by Crippen LogP contribution is 2.29. The second kappa shape index (κ2) is 10.6. The van der Waals surface area contributed by atoms with E-state index >= 15 is 0 Å². The molecule has 0 aliphatic rings. The number of imidazole rings is 1. The number of carbonyl (C=O) groups is 1. The number of para-hydroxylation sites is 1. The van der Waals surface area contributed by atoms with E-state index in [2.05, 4.69) is 35.1 Å². The fourth-order valence-electron chi connectivity index (χ4n) is 2.99. The van der Waals surface area contributed by atoms with Crippen molar-refractivity contribution in [2.45, 2.75) is 20.3 Å². The molecule has 2 aromatic heterocycles. The van der Waals surface area contributed by atoms with Crippen molar-refractivity contribution in [3.8, 4) is 5.75 Å². The molecule has 7 heteroatoms. The summed E-state index contributed by atoms with van der Waals surface area (Å²) in [6.07, 6.45) is 6.93. The van der Waals surface area contributed by atoms with Crippen molar-refractivity contribution >= 4 is 44.2 Å². The topological polar surface area (TPSA) is 64.9 Å². The number of hydrogen-bond donors (Lipinski definition) is 1. The fraction of sp³-hybridized carbons (Fsp3) is 0.200. The Morgan fingerprint density at radius 1 is 1.22 bits per heavy atom. The Kier molecular flexibility index (Phi) is 7.68. The molecule has 0 bridgehead atoms. The van der Waals surface area contributed by atoms with Crippen LogP contribution in [0, 0.1) is 0 Å². The molecular weight excluding hydrogens is 422 g/mol. The van der Waals surface area contributed by atoms with Gasteiger partial charge in [0.15, 0.2) is 4.96 Å². The predicted molar refractivity (Wildman–Crippen MR) is 133 cm³/mol. The monoisotopic (exact) mass is 449 g/mol. The van der Waals surface area contributed by atoms with E-state index in [-0.39, 0.29) is 0 Å². The Balaban J connectivity index is 0.000000913. The summed E-state index contributed by atoms with van der Waals surface area (Å²) in [5, 5.41) is 3.14.